The van der Waals surface area contributed by atoms with Crippen molar-refractivity contribution in [2.24, 2.45) is 0 Å². The van der Waals surface area contributed by atoms with Gasteiger partial charge in [-0.25, -0.2) is 4.98 Å². The summed E-state index contributed by atoms with van der Waals surface area (Å²) in [4.78, 5) is 31.0. The SMILES string of the molecule is Cc1nc(COc2cccc(/C=C/C(=O)Nc3ccc(C(=O)N4CCCC4)cc3)c2)cs1. The third-order valence-electron chi connectivity index (χ3n) is 5.13. The maximum atomic E-state index is 12.4. The summed E-state index contributed by atoms with van der Waals surface area (Å²) in [6.45, 7) is 4.01. The molecule has 1 fully saturated rings. The maximum absolute atomic E-state index is 12.4. The first-order valence-corrected chi connectivity index (χ1v) is 11.5. The van der Waals surface area contributed by atoms with Crippen LogP contribution in [-0.2, 0) is 11.4 Å². The number of carbonyl (C=O) groups excluding carboxylic acids is 2. The fraction of sp³-hybridized carbons (Fsp3) is 0.240. The Balaban J connectivity index is 1.30. The summed E-state index contributed by atoms with van der Waals surface area (Å²) in [7, 11) is 0. The summed E-state index contributed by atoms with van der Waals surface area (Å²) < 4.78 is 5.79. The second kappa shape index (κ2) is 10.2. The van der Waals surface area contributed by atoms with Gasteiger partial charge in [0.1, 0.15) is 12.4 Å². The van der Waals surface area contributed by atoms with Crippen LogP contribution >= 0.6 is 11.3 Å². The number of benzene rings is 2. The van der Waals surface area contributed by atoms with Crippen molar-refractivity contribution in [3.8, 4) is 5.75 Å². The van der Waals surface area contributed by atoms with E-state index < -0.39 is 0 Å². The van der Waals surface area contributed by atoms with Gasteiger partial charge in [-0.2, -0.15) is 0 Å². The van der Waals surface area contributed by atoms with Gasteiger partial charge in [0.15, 0.2) is 0 Å². The van der Waals surface area contributed by atoms with Crippen LogP contribution in [0.3, 0.4) is 0 Å². The number of amides is 2. The number of hydrogen-bond donors (Lipinski definition) is 1. The average Bonchev–Trinajstić information content (AvgIpc) is 3.49. The Bertz CT molecular complexity index is 1120. The number of hydrogen-bond acceptors (Lipinski definition) is 5. The van der Waals surface area contributed by atoms with Crippen LogP contribution in [0.4, 0.5) is 5.69 Å². The van der Waals surface area contributed by atoms with Crippen molar-refractivity contribution in [3.63, 3.8) is 0 Å². The van der Waals surface area contributed by atoms with Gasteiger partial charge in [0.25, 0.3) is 5.91 Å². The molecule has 2 heterocycles. The summed E-state index contributed by atoms with van der Waals surface area (Å²) in [6, 6.07) is 14.6. The van der Waals surface area contributed by atoms with E-state index in [4.69, 9.17) is 4.74 Å². The predicted octanol–water partition coefficient (Wildman–Crippen LogP) is 4.92. The van der Waals surface area contributed by atoms with Gasteiger partial charge in [0, 0.05) is 35.8 Å². The molecule has 1 aliphatic rings. The average molecular weight is 448 g/mol. The zero-order chi connectivity index (χ0) is 22.3. The molecule has 164 valence electrons. The topological polar surface area (TPSA) is 71.5 Å². The Hall–Kier alpha value is -3.45. The first-order valence-electron chi connectivity index (χ1n) is 10.6. The first kappa shape index (κ1) is 21.8. The van der Waals surface area contributed by atoms with Crippen LogP contribution in [0.15, 0.2) is 60.0 Å². The largest absolute Gasteiger partial charge is 0.487 e. The Morgan fingerprint density at radius 2 is 1.94 bits per heavy atom. The highest BCUT2D eigenvalue weighted by Gasteiger charge is 2.19. The molecule has 0 aliphatic carbocycles. The van der Waals surface area contributed by atoms with Gasteiger partial charge in [-0.15, -0.1) is 11.3 Å². The van der Waals surface area contributed by atoms with Crippen LogP contribution in [0.2, 0.25) is 0 Å². The van der Waals surface area contributed by atoms with Crippen LogP contribution in [0.25, 0.3) is 6.08 Å². The molecule has 0 unspecified atom stereocenters. The highest BCUT2D eigenvalue weighted by molar-refractivity contribution is 7.09. The normalized spacial score (nSPS) is 13.5. The highest BCUT2D eigenvalue weighted by atomic mass is 32.1. The minimum atomic E-state index is -0.243. The molecule has 0 spiro atoms. The van der Waals surface area contributed by atoms with Gasteiger partial charge in [0.2, 0.25) is 5.91 Å². The lowest BCUT2D eigenvalue weighted by Gasteiger charge is -2.15. The van der Waals surface area contributed by atoms with Crippen molar-refractivity contribution >= 4 is 34.9 Å². The van der Waals surface area contributed by atoms with E-state index in [0.29, 0.717) is 17.9 Å². The van der Waals surface area contributed by atoms with Crippen LogP contribution in [0, 0.1) is 6.92 Å². The van der Waals surface area contributed by atoms with Gasteiger partial charge in [-0.1, -0.05) is 12.1 Å². The van der Waals surface area contributed by atoms with E-state index in [-0.39, 0.29) is 11.8 Å². The monoisotopic (exact) mass is 447 g/mol. The van der Waals surface area contributed by atoms with Crippen LogP contribution in [0.1, 0.15) is 39.5 Å². The van der Waals surface area contributed by atoms with Crippen molar-refractivity contribution < 1.29 is 14.3 Å². The zero-order valence-corrected chi connectivity index (χ0v) is 18.7. The molecule has 7 heteroatoms. The maximum Gasteiger partial charge on any atom is 0.253 e. The van der Waals surface area contributed by atoms with Crippen molar-refractivity contribution in [2.45, 2.75) is 26.4 Å². The predicted molar refractivity (Wildman–Crippen MR) is 127 cm³/mol. The lowest BCUT2D eigenvalue weighted by molar-refractivity contribution is -0.111. The lowest BCUT2D eigenvalue weighted by atomic mass is 10.1. The van der Waals surface area contributed by atoms with Gasteiger partial charge in [-0.3, -0.25) is 9.59 Å². The number of ether oxygens (including phenoxy) is 1. The smallest absolute Gasteiger partial charge is 0.253 e. The fourth-order valence-corrected chi connectivity index (χ4v) is 4.09. The summed E-state index contributed by atoms with van der Waals surface area (Å²) >= 11 is 1.60. The highest BCUT2D eigenvalue weighted by Crippen LogP contribution is 2.18. The van der Waals surface area contributed by atoms with E-state index >= 15 is 0 Å². The molecule has 2 amide bonds. The molecule has 2 aromatic carbocycles. The summed E-state index contributed by atoms with van der Waals surface area (Å²) in [5, 5.41) is 5.82. The molecule has 4 rings (SSSR count). The van der Waals surface area contributed by atoms with Gasteiger partial charge in [-0.05, 0) is 67.8 Å². The standard InChI is InChI=1S/C25H25N3O3S/c1-18-26-22(17-32-18)16-31-23-6-4-5-19(15-23)7-12-24(29)27-21-10-8-20(9-11-21)25(30)28-13-2-3-14-28/h4-12,15,17H,2-3,13-14,16H2,1H3,(H,27,29)/b12-7+. The van der Waals surface area contributed by atoms with Gasteiger partial charge < -0.3 is 15.0 Å². The molecule has 1 aromatic heterocycles. The number of nitrogens with one attached hydrogen (secondary N) is 1. The number of aryl methyl sites for hydroxylation is 1. The van der Waals surface area contributed by atoms with Crippen molar-refractivity contribution in [1.82, 2.24) is 9.88 Å². The molecule has 0 atom stereocenters. The Morgan fingerprint density at radius 1 is 1.16 bits per heavy atom. The number of thiazole rings is 1. The number of anilines is 1. The number of aromatic nitrogens is 1. The Morgan fingerprint density at radius 3 is 2.66 bits per heavy atom. The Kier molecular flexibility index (Phi) is 6.97. The van der Waals surface area contributed by atoms with E-state index in [1.54, 1.807) is 41.7 Å². The van der Waals surface area contributed by atoms with E-state index in [9.17, 15) is 9.59 Å². The molecular formula is C25H25N3O3S. The first-order chi connectivity index (χ1) is 15.6. The fourth-order valence-electron chi connectivity index (χ4n) is 3.49. The molecule has 32 heavy (non-hydrogen) atoms. The molecule has 0 radical (unpaired) electrons. The summed E-state index contributed by atoms with van der Waals surface area (Å²) in [5.74, 6) is 0.525. The number of nitrogens with zero attached hydrogens (tertiary/aromatic N) is 2. The molecule has 1 aliphatic heterocycles. The summed E-state index contributed by atoms with van der Waals surface area (Å²) in [6.07, 6.45) is 5.34. The number of rotatable bonds is 7. The lowest BCUT2D eigenvalue weighted by Crippen LogP contribution is -2.27. The van der Waals surface area contributed by atoms with E-state index in [2.05, 4.69) is 10.3 Å². The van der Waals surface area contributed by atoms with Crippen LogP contribution < -0.4 is 10.1 Å². The molecule has 6 nitrogen and oxygen atoms in total. The molecule has 3 aromatic rings. The van der Waals surface area contributed by atoms with E-state index in [1.807, 2.05) is 41.5 Å². The third-order valence-corrected chi connectivity index (χ3v) is 5.95. The van der Waals surface area contributed by atoms with Crippen molar-refractivity contribution in [1.29, 1.82) is 0 Å². The van der Waals surface area contributed by atoms with Crippen LogP contribution in [-0.4, -0.2) is 34.8 Å². The van der Waals surface area contributed by atoms with Crippen molar-refractivity contribution in [2.75, 3.05) is 18.4 Å². The van der Waals surface area contributed by atoms with Crippen molar-refractivity contribution in [3.05, 3.63) is 81.8 Å². The Labute approximate surface area is 191 Å². The van der Waals surface area contributed by atoms with Crippen LogP contribution in [0.5, 0.6) is 5.75 Å². The van der Waals surface area contributed by atoms with E-state index in [0.717, 1.165) is 47.9 Å². The zero-order valence-electron chi connectivity index (χ0n) is 17.9. The second-order valence-corrected chi connectivity index (χ2v) is 8.68. The number of likely N-dealkylation sites (tertiary alicyclic amines) is 1. The molecule has 1 saturated heterocycles. The molecular weight excluding hydrogens is 422 g/mol. The summed E-state index contributed by atoms with van der Waals surface area (Å²) in [5.41, 5.74) is 3.05. The quantitative estimate of drug-likeness (QED) is 0.522. The van der Waals surface area contributed by atoms with Gasteiger partial charge in [0.05, 0.1) is 10.7 Å². The van der Waals surface area contributed by atoms with E-state index in [1.165, 1.54) is 6.08 Å². The minimum Gasteiger partial charge on any atom is -0.487 e. The second-order valence-electron chi connectivity index (χ2n) is 7.62. The minimum absolute atomic E-state index is 0.0484. The molecule has 1 N–H and O–H groups in total. The molecule has 0 bridgehead atoms. The van der Waals surface area contributed by atoms with Gasteiger partial charge >= 0.3 is 0 Å². The molecule has 0 saturated carbocycles. The third kappa shape index (κ3) is 5.82. The number of carbonyl (C=O) groups is 2.